The van der Waals surface area contributed by atoms with Gasteiger partial charge in [-0.15, -0.1) is 0 Å². The highest BCUT2D eigenvalue weighted by Gasteiger charge is 2.37. The van der Waals surface area contributed by atoms with E-state index in [4.69, 9.17) is 105 Å². The van der Waals surface area contributed by atoms with Crippen molar-refractivity contribution in [3.63, 3.8) is 0 Å². The Morgan fingerprint density at radius 3 is 0.685 bits per heavy atom. The molecule has 0 heterocycles. The average molecular weight is 1080 g/mol. The molecule has 9 atom stereocenters. The predicted octanol–water partition coefficient (Wildman–Crippen LogP) is 0.472. The summed E-state index contributed by atoms with van der Waals surface area (Å²) in [6.07, 6.45) is -5.92. The van der Waals surface area contributed by atoms with Crippen LogP contribution in [0.3, 0.4) is 0 Å². The monoisotopic (exact) mass is 1080 g/mol. The highest BCUT2D eigenvalue weighted by molar-refractivity contribution is 7.80. The number of nitrogens with two attached hydrogens (primary N) is 5. The first-order valence-corrected chi connectivity index (χ1v) is 24.2. The lowest BCUT2D eigenvalue weighted by molar-refractivity contribution is -0.172. The minimum Gasteiger partial charge on any atom is -0.481 e. The van der Waals surface area contributed by atoms with Gasteiger partial charge in [0.2, 0.25) is 0 Å². The van der Waals surface area contributed by atoms with Crippen molar-refractivity contribution >= 4 is 44.7 Å². The van der Waals surface area contributed by atoms with Crippen LogP contribution < -0.4 is 28.7 Å². The fourth-order valence-corrected chi connectivity index (χ4v) is 4.88. The van der Waals surface area contributed by atoms with Gasteiger partial charge in [0, 0.05) is 24.2 Å². The summed E-state index contributed by atoms with van der Waals surface area (Å²) in [6, 6.07) is 41.0. The Morgan fingerprint density at radius 1 is 0.397 bits per heavy atom. The summed E-state index contributed by atoms with van der Waals surface area (Å²) in [5, 5.41) is 67.5. The van der Waals surface area contributed by atoms with E-state index in [1.807, 2.05) is 100 Å². The van der Waals surface area contributed by atoms with Crippen LogP contribution in [0.15, 0.2) is 121 Å². The molecule has 0 spiro atoms. The van der Waals surface area contributed by atoms with Gasteiger partial charge in [-0.25, -0.2) is 9.59 Å². The molecule has 0 saturated heterocycles. The van der Waals surface area contributed by atoms with Crippen molar-refractivity contribution in [3.05, 3.63) is 144 Å². The second-order valence-electron chi connectivity index (χ2n) is 15.7. The van der Waals surface area contributed by atoms with Crippen LogP contribution in [0.5, 0.6) is 0 Å². The molecule has 4 aromatic rings. The van der Waals surface area contributed by atoms with Crippen molar-refractivity contribution in [2.75, 3.05) is 0 Å². The van der Waals surface area contributed by atoms with Crippen LogP contribution in [0.4, 0.5) is 0 Å². The normalized spacial score (nSPS) is 14.0. The van der Waals surface area contributed by atoms with Crippen molar-refractivity contribution in [3.8, 4) is 0 Å². The van der Waals surface area contributed by atoms with Crippen molar-refractivity contribution in [2.45, 2.75) is 114 Å². The molecule has 73 heavy (non-hydrogen) atoms. The summed E-state index contributed by atoms with van der Waals surface area (Å²) in [5.74, 6) is -6.18. The maximum absolute atomic E-state index is 10.1. The standard InChI is InChI=1S/4C9H13N.C6H10O8.C4H7NO4.2H2O4S/c4*1-8(10)7-9-5-3-2-4-6-9;7-1(3(9)5(11)12)2(8)4(10)6(13)14;5-2(4(8)9)1-3(6)7;2*1-5(2,3)4/h4*2-6,8H,7,10H2,1H3;1-4,7-10H,(H,11,12)(H,13,14);2H,1,5H2,(H,6,7)(H,8,9);2*(H2,1,2,3,4)/t2*8-;;;1-,2-,3-,4+;;;/m11..0.../s1. The van der Waals surface area contributed by atoms with Gasteiger partial charge in [0.05, 0.1) is 6.42 Å². The largest absolute Gasteiger partial charge is 0.481 e. The van der Waals surface area contributed by atoms with E-state index in [1.54, 1.807) is 0 Å². The van der Waals surface area contributed by atoms with E-state index in [1.165, 1.54) is 22.3 Å². The molecule has 0 amide bonds. The molecule has 4 aromatic carbocycles. The van der Waals surface area contributed by atoms with Crippen LogP contribution in [0.1, 0.15) is 56.4 Å². The average Bonchev–Trinajstić information content (AvgIpc) is 3.25. The van der Waals surface area contributed by atoms with Crippen molar-refractivity contribution in [1.82, 2.24) is 0 Å². The van der Waals surface area contributed by atoms with Gasteiger partial charge >= 0.3 is 44.7 Å². The first kappa shape index (κ1) is 73.7. The predicted molar refractivity (Wildman–Crippen MR) is 271 cm³/mol. The molecular formula is C46H73N5O20S2. The first-order chi connectivity index (χ1) is 33.5. The summed E-state index contributed by atoms with van der Waals surface area (Å²) < 4.78 is 63.2. The Bertz CT molecular complexity index is 2020. The third kappa shape index (κ3) is 55.3. The fourth-order valence-electron chi connectivity index (χ4n) is 4.88. The lowest BCUT2D eigenvalue weighted by Gasteiger charge is -2.21. The zero-order chi connectivity index (χ0) is 57.5. The molecule has 3 unspecified atom stereocenters. The van der Waals surface area contributed by atoms with Gasteiger partial charge in [0.25, 0.3) is 0 Å². The molecule has 0 radical (unpaired) electrons. The number of hydrogen-bond donors (Lipinski definition) is 17. The second kappa shape index (κ2) is 41.6. The highest BCUT2D eigenvalue weighted by atomic mass is 32.3. The molecule has 414 valence electrons. The number of rotatable bonds is 16. The molecule has 27 heteroatoms. The fraction of sp³-hybridized carbons (Fsp3) is 0.391. The third-order valence-corrected chi connectivity index (χ3v) is 7.82. The Labute approximate surface area is 425 Å². The molecular weight excluding hydrogens is 1010 g/mol. The number of hydrogen-bond acceptors (Lipinski definition) is 17. The Balaban J connectivity index is -0.000000379. The summed E-state index contributed by atoms with van der Waals surface area (Å²) in [4.78, 5) is 39.8. The van der Waals surface area contributed by atoms with E-state index in [9.17, 15) is 19.2 Å². The Morgan fingerprint density at radius 2 is 0.575 bits per heavy atom. The van der Waals surface area contributed by atoms with Crippen LogP contribution in [0, 0.1) is 0 Å². The highest BCUT2D eigenvalue weighted by Crippen LogP contribution is 2.06. The summed E-state index contributed by atoms with van der Waals surface area (Å²) in [5.41, 5.74) is 32.6. The SMILES string of the molecule is CC(N)Cc1ccccc1.CC(N)Cc1ccccc1.C[C@@H](N)Cc1ccccc1.C[C@@H](N)Cc1ccccc1.NC(CC(=O)O)C(=O)O.O=C(O)[C@@H](O)[C@@H](O)[C@H](O)[C@@H](O)C(=O)O.O=S(=O)(O)O.O=S(=O)(O)O. The minimum absolute atomic E-state index is 0.266. The van der Waals surface area contributed by atoms with E-state index >= 15 is 0 Å². The van der Waals surface area contributed by atoms with Crippen molar-refractivity contribution in [1.29, 1.82) is 0 Å². The lowest BCUT2D eigenvalue weighted by atomic mass is 10.0. The van der Waals surface area contributed by atoms with Crippen LogP contribution in [0.2, 0.25) is 0 Å². The van der Waals surface area contributed by atoms with Crippen LogP contribution in [-0.4, -0.2) is 154 Å². The molecule has 0 aliphatic rings. The van der Waals surface area contributed by atoms with E-state index < -0.39 is 81.6 Å². The number of carboxylic acids is 4. The molecule has 4 rings (SSSR count). The molecule has 0 saturated carbocycles. The van der Waals surface area contributed by atoms with Gasteiger partial charge in [0.1, 0.15) is 18.2 Å². The van der Waals surface area contributed by atoms with Gasteiger partial charge in [-0.05, 0) is 75.6 Å². The summed E-state index contributed by atoms with van der Waals surface area (Å²) in [6.45, 7) is 8.08. The number of carbonyl (C=O) groups is 4. The maximum atomic E-state index is 10.1. The minimum atomic E-state index is -4.67. The Hall–Kier alpha value is -5.86. The van der Waals surface area contributed by atoms with Crippen LogP contribution >= 0.6 is 0 Å². The van der Waals surface area contributed by atoms with E-state index in [-0.39, 0.29) is 24.2 Å². The van der Waals surface area contributed by atoms with Gasteiger partial charge in [-0.1, -0.05) is 121 Å². The molecule has 0 aliphatic heterocycles. The van der Waals surface area contributed by atoms with Gasteiger partial charge in [-0.3, -0.25) is 27.8 Å². The van der Waals surface area contributed by atoms with Gasteiger partial charge < -0.3 is 69.5 Å². The smallest absolute Gasteiger partial charge is 0.394 e. The molecule has 0 aromatic heterocycles. The van der Waals surface area contributed by atoms with Gasteiger partial charge in [0.15, 0.2) is 12.2 Å². The topological polar surface area (TPSA) is 509 Å². The summed E-state index contributed by atoms with van der Waals surface area (Å²) >= 11 is 0. The molecule has 0 bridgehead atoms. The molecule has 25 nitrogen and oxygen atoms in total. The quantitative estimate of drug-likeness (QED) is 0.0678. The van der Waals surface area contributed by atoms with E-state index in [0.29, 0.717) is 0 Å². The molecule has 0 aliphatic carbocycles. The Kier molecular flexibility index (Phi) is 42.0. The number of benzene rings is 4. The summed E-state index contributed by atoms with van der Waals surface area (Å²) in [7, 11) is -9.33. The van der Waals surface area contributed by atoms with Crippen LogP contribution in [0.25, 0.3) is 0 Å². The molecule has 22 N–H and O–H groups in total. The third-order valence-electron chi connectivity index (χ3n) is 7.82. The zero-order valence-corrected chi connectivity index (χ0v) is 42.2. The van der Waals surface area contributed by atoms with Crippen molar-refractivity contribution in [2.24, 2.45) is 28.7 Å². The van der Waals surface area contributed by atoms with Crippen molar-refractivity contribution < 1.29 is 95.1 Å². The van der Waals surface area contributed by atoms with E-state index in [0.717, 1.165) is 25.7 Å². The number of aliphatic hydroxyl groups excluding tert-OH is 4. The lowest BCUT2D eigenvalue weighted by Crippen LogP contribution is -2.49. The zero-order valence-electron chi connectivity index (χ0n) is 40.6. The van der Waals surface area contributed by atoms with Crippen LogP contribution in [-0.2, 0) is 65.7 Å². The maximum Gasteiger partial charge on any atom is 0.394 e. The second-order valence-corrected chi connectivity index (χ2v) is 17.4. The number of aliphatic hydroxyl groups is 4. The first-order valence-electron chi connectivity index (χ1n) is 21.4. The number of aliphatic carboxylic acids is 4. The van der Waals surface area contributed by atoms with E-state index in [2.05, 4.69) is 48.5 Å². The number of carboxylic acid groups (broad SMARTS) is 4. The van der Waals surface area contributed by atoms with Gasteiger partial charge in [-0.2, -0.15) is 16.8 Å². The molecule has 0 fully saturated rings.